The molecule has 0 unspecified atom stereocenters. The minimum Gasteiger partial charge on any atom is -0.324 e. The molecule has 0 aromatic carbocycles. The number of rotatable bonds is 3. The van der Waals surface area contributed by atoms with E-state index in [-0.39, 0.29) is 0 Å². The van der Waals surface area contributed by atoms with Crippen LogP contribution in [0.1, 0.15) is 0 Å². The van der Waals surface area contributed by atoms with E-state index in [4.69, 9.17) is 9.79 Å². The second-order valence-electron chi connectivity index (χ2n) is 2.47. The van der Waals surface area contributed by atoms with Gasteiger partial charge in [0.2, 0.25) is 5.91 Å². The monoisotopic (exact) mass is 299 g/mol. The first-order chi connectivity index (χ1) is 6.37. The Bertz CT molecular complexity index is 387. The zero-order valence-corrected chi connectivity index (χ0v) is 10.1. The minimum absolute atomic E-state index is 0.551. The van der Waals surface area contributed by atoms with Crippen molar-refractivity contribution in [1.82, 2.24) is 0 Å². The molecule has 0 saturated carbocycles. The zero-order valence-electron chi connectivity index (χ0n) is 6.81. The number of halogens is 1. The van der Waals surface area contributed by atoms with Crippen molar-refractivity contribution in [3.05, 3.63) is 15.9 Å². The van der Waals surface area contributed by atoms with Crippen molar-refractivity contribution in [2.45, 2.75) is 0 Å². The average Bonchev–Trinajstić information content (AvgIpc) is 2.30. The van der Waals surface area contributed by atoms with Crippen molar-refractivity contribution in [2.24, 2.45) is 0 Å². The fraction of sp³-hybridized carbons (Fsp3) is 0.167. The van der Waals surface area contributed by atoms with E-state index in [9.17, 15) is 9.36 Å². The number of hydrogen-bond donors (Lipinski definition) is 3. The van der Waals surface area contributed by atoms with Crippen molar-refractivity contribution in [3.8, 4) is 0 Å². The van der Waals surface area contributed by atoms with Crippen LogP contribution in [0.5, 0.6) is 0 Å². The molecular weight excluding hydrogens is 293 g/mol. The third-order valence-corrected chi connectivity index (χ3v) is 3.42. The Morgan fingerprint density at radius 3 is 2.64 bits per heavy atom. The van der Waals surface area contributed by atoms with Crippen molar-refractivity contribution in [1.29, 1.82) is 0 Å². The van der Waals surface area contributed by atoms with Crippen LogP contribution in [0.2, 0.25) is 0 Å². The van der Waals surface area contributed by atoms with Crippen LogP contribution in [-0.4, -0.2) is 21.9 Å². The van der Waals surface area contributed by atoms with E-state index < -0.39 is 19.7 Å². The topological polar surface area (TPSA) is 86.6 Å². The van der Waals surface area contributed by atoms with Crippen LogP contribution in [0, 0.1) is 0 Å². The Morgan fingerprint density at radius 2 is 2.21 bits per heavy atom. The molecule has 1 amide bonds. The van der Waals surface area contributed by atoms with Gasteiger partial charge in [0, 0.05) is 0 Å². The summed E-state index contributed by atoms with van der Waals surface area (Å²) in [7, 11) is -4.27. The second-order valence-corrected chi connectivity index (χ2v) is 6.58. The largest absolute Gasteiger partial charge is 0.334 e. The van der Waals surface area contributed by atoms with Gasteiger partial charge >= 0.3 is 7.60 Å². The molecule has 1 aromatic heterocycles. The number of carbonyl (C=O) groups is 1. The van der Waals surface area contributed by atoms with Crippen LogP contribution in [0.15, 0.2) is 15.9 Å². The van der Waals surface area contributed by atoms with Gasteiger partial charge in [-0.25, -0.2) is 0 Å². The molecule has 5 nitrogen and oxygen atoms in total. The molecule has 0 aliphatic carbocycles. The summed E-state index contributed by atoms with van der Waals surface area (Å²) in [6.07, 6.45) is -0.789. The van der Waals surface area contributed by atoms with Gasteiger partial charge in [0.05, 0.1) is 8.79 Å². The predicted octanol–water partition coefficient (Wildman–Crippen LogP) is 1.63. The summed E-state index contributed by atoms with van der Waals surface area (Å²) in [5.74, 6) is -0.687. The molecule has 0 bridgehead atoms. The van der Waals surface area contributed by atoms with Gasteiger partial charge in [-0.2, -0.15) is 0 Å². The Morgan fingerprint density at radius 1 is 1.57 bits per heavy atom. The number of nitrogens with one attached hydrogen (secondary N) is 1. The molecule has 1 heterocycles. The Balaban J connectivity index is 2.54. The first-order valence-electron chi connectivity index (χ1n) is 3.46. The van der Waals surface area contributed by atoms with Gasteiger partial charge in [-0.3, -0.25) is 9.36 Å². The molecule has 14 heavy (non-hydrogen) atoms. The second kappa shape index (κ2) is 4.55. The van der Waals surface area contributed by atoms with Gasteiger partial charge in [-0.15, -0.1) is 11.3 Å². The predicted molar refractivity (Wildman–Crippen MR) is 57.6 cm³/mol. The summed E-state index contributed by atoms with van der Waals surface area (Å²) in [5, 5.41) is 2.93. The average molecular weight is 300 g/mol. The van der Waals surface area contributed by atoms with Gasteiger partial charge in [-0.1, -0.05) is 0 Å². The van der Waals surface area contributed by atoms with Crippen LogP contribution >= 0.6 is 34.9 Å². The Hall–Kier alpha value is -0.200. The van der Waals surface area contributed by atoms with E-state index in [1.165, 1.54) is 11.3 Å². The summed E-state index contributed by atoms with van der Waals surface area (Å²) < 4.78 is 11.3. The fourth-order valence-corrected chi connectivity index (χ4v) is 2.50. The lowest BCUT2D eigenvalue weighted by Crippen LogP contribution is -2.15. The highest BCUT2D eigenvalue weighted by atomic mass is 79.9. The number of hydrogen-bond acceptors (Lipinski definition) is 3. The highest BCUT2D eigenvalue weighted by Gasteiger charge is 2.19. The Labute approximate surface area is 92.4 Å². The van der Waals surface area contributed by atoms with Crippen molar-refractivity contribution in [2.75, 3.05) is 11.5 Å². The van der Waals surface area contributed by atoms with Crippen molar-refractivity contribution in [3.63, 3.8) is 0 Å². The highest BCUT2D eigenvalue weighted by Crippen LogP contribution is 2.34. The molecule has 0 fully saturated rings. The Kier molecular flexibility index (Phi) is 3.86. The van der Waals surface area contributed by atoms with Crippen molar-refractivity contribution < 1.29 is 19.1 Å². The fourth-order valence-electron chi connectivity index (χ4n) is 0.745. The van der Waals surface area contributed by atoms with E-state index >= 15 is 0 Å². The maximum absolute atomic E-state index is 11.0. The maximum Gasteiger partial charge on any atom is 0.334 e. The first kappa shape index (κ1) is 11.9. The molecule has 0 radical (unpaired) electrons. The molecule has 0 saturated heterocycles. The quantitative estimate of drug-likeness (QED) is 0.740. The van der Waals surface area contributed by atoms with E-state index in [1.54, 1.807) is 12.1 Å². The summed E-state index contributed by atoms with van der Waals surface area (Å²) in [4.78, 5) is 28.1. The van der Waals surface area contributed by atoms with E-state index in [0.717, 1.165) is 3.79 Å². The number of thiophene rings is 1. The van der Waals surface area contributed by atoms with Gasteiger partial charge < -0.3 is 15.1 Å². The summed E-state index contributed by atoms with van der Waals surface area (Å²) in [6.45, 7) is 0. The lowest BCUT2D eigenvalue weighted by molar-refractivity contribution is -0.114. The standard InChI is InChI=1S/C6H7BrNO4PS/c7-4-1-2-6(14-4)8-5(9)3-13(10,11)12/h1-2H,3H2,(H,8,9)(H2,10,11,12). The lowest BCUT2D eigenvalue weighted by atomic mass is 10.6. The summed E-state index contributed by atoms with van der Waals surface area (Å²) >= 11 is 4.47. The van der Waals surface area contributed by atoms with Gasteiger partial charge in [0.15, 0.2) is 0 Å². The van der Waals surface area contributed by atoms with Crippen LogP contribution in [0.25, 0.3) is 0 Å². The molecule has 0 spiro atoms. The number of carbonyl (C=O) groups excluding carboxylic acids is 1. The smallest absolute Gasteiger partial charge is 0.324 e. The van der Waals surface area contributed by atoms with Crippen LogP contribution in [0.4, 0.5) is 5.00 Å². The molecule has 3 N–H and O–H groups in total. The zero-order chi connectivity index (χ0) is 10.8. The molecule has 0 atom stereocenters. The molecule has 0 aliphatic heterocycles. The van der Waals surface area contributed by atoms with E-state index in [1.807, 2.05) is 0 Å². The third-order valence-electron chi connectivity index (χ3n) is 1.19. The van der Waals surface area contributed by atoms with Crippen LogP contribution in [-0.2, 0) is 9.36 Å². The minimum atomic E-state index is -4.27. The van der Waals surface area contributed by atoms with Gasteiger partial charge in [0.1, 0.15) is 6.16 Å². The number of amides is 1. The molecule has 78 valence electrons. The highest BCUT2D eigenvalue weighted by molar-refractivity contribution is 9.11. The SMILES string of the molecule is O=C(CP(=O)(O)O)Nc1ccc(Br)s1. The third kappa shape index (κ3) is 4.34. The normalized spacial score (nSPS) is 11.4. The van der Waals surface area contributed by atoms with E-state index in [0.29, 0.717) is 5.00 Å². The number of anilines is 1. The molecule has 1 rings (SSSR count). The maximum atomic E-state index is 11.0. The lowest BCUT2D eigenvalue weighted by Gasteiger charge is -2.03. The molecule has 0 aliphatic rings. The first-order valence-corrected chi connectivity index (χ1v) is 6.87. The van der Waals surface area contributed by atoms with Gasteiger partial charge in [0.25, 0.3) is 0 Å². The molecule has 8 heteroatoms. The van der Waals surface area contributed by atoms with Crippen LogP contribution < -0.4 is 5.32 Å². The molecular formula is C6H7BrNO4PS. The molecule has 1 aromatic rings. The summed E-state index contributed by atoms with van der Waals surface area (Å²) in [6, 6.07) is 3.38. The summed E-state index contributed by atoms with van der Waals surface area (Å²) in [5.41, 5.74) is 0. The van der Waals surface area contributed by atoms with E-state index in [2.05, 4.69) is 21.2 Å². The van der Waals surface area contributed by atoms with Gasteiger partial charge in [-0.05, 0) is 28.1 Å². The van der Waals surface area contributed by atoms with Crippen molar-refractivity contribution >= 4 is 45.8 Å². The van der Waals surface area contributed by atoms with Crippen LogP contribution in [0.3, 0.4) is 0 Å².